The number of aromatic nitrogens is 2. The van der Waals surface area contributed by atoms with E-state index in [0.717, 1.165) is 43.6 Å². The van der Waals surface area contributed by atoms with Gasteiger partial charge in [-0.25, -0.2) is 4.98 Å². The lowest BCUT2D eigenvalue weighted by atomic mass is 10.2. The summed E-state index contributed by atoms with van der Waals surface area (Å²) in [6, 6.07) is 9.83. The van der Waals surface area contributed by atoms with Crippen molar-refractivity contribution in [2.45, 2.75) is 13.8 Å². The molecule has 110 valence electrons. The second-order valence-electron chi connectivity index (χ2n) is 5.30. The fourth-order valence-corrected chi connectivity index (χ4v) is 2.31. The van der Waals surface area contributed by atoms with Crippen LogP contribution in [0.5, 0.6) is 11.6 Å². The van der Waals surface area contributed by atoms with Gasteiger partial charge < -0.3 is 15.0 Å². The molecule has 0 spiro atoms. The molecule has 0 radical (unpaired) electrons. The summed E-state index contributed by atoms with van der Waals surface area (Å²) in [5.74, 6) is 2.14. The van der Waals surface area contributed by atoms with Gasteiger partial charge in [0.15, 0.2) is 0 Å². The zero-order valence-electron chi connectivity index (χ0n) is 12.5. The number of nitrogens with one attached hydrogen (secondary N) is 1. The van der Waals surface area contributed by atoms with Crippen LogP contribution in [0, 0.1) is 13.8 Å². The minimum atomic E-state index is 0.597. The van der Waals surface area contributed by atoms with E-state index in [2.05, 4.69) is 27.1 Å². The molecule has 0 aliphatic carbocycles. The van der Waals surface area contributed by atoms with Gasteiger partial charge in [0.25, 0.3) is 0 Å². The van der Waals surface area contributed by atoms with E-state index < -0.39 is 0 Å². The van der Waals surface area contributed by atoms with Gasteiger partial charge in [-0.2, -0.15) is 4.98 Å². The molecule has 1 aromatic heterocycles. The average molecular weight is 284 g/mol. The molecule has 21 heavy (non-hydrogen) atoms. The predicted octanol–water partition coefficient (Wildman–Crippen LogP) is 2.30. The van der Waals surface area contributed by atoms with E-state index >= 15 is 0 Å². The Morgan fingerprint density at radius 3 is 2.48 bits per heavy atom. The van der Waals surface area contributed by atoms with Crippen LogP contribution >= 0.6 is 0 Å². The van der Waals surface area contributed by atoms with Crippen LogP contribution in [-0.4, -0.2) is 36.1 Å². The molecule has 1 N–H and O–H groups in total. The maximum absolute atomic E-state index is 5.85. The topological polar surface area (TPSA) is 50.3 Å². The van der Waals surface area contributed by atoms with E-state index in [4.69, 9.17) is 4.74 Å². The second-order valence-corrected chi connectivity index (χ2v) is 5.30. The number of piperazine rings is 1. The van der Waals surface area contributed by atoms with Gasteiger partial charge in [0.2, 0.25) is 11.8 Å². The van der Waals surface area contributed by atoms with Gasteiger partial charge >= 0.3 is 0 Å². The molecule has 0 unspecified atom stereocenters. The normalized spacial score (nSPS) is 15.0. The molecule has 0 atom stereocenters. The molecule has 5 nitrogen and oxygen atoms in total. The zero-order chi connectivity index (χ0) is 14.7. The number of rotatable bonds is 3. The number of benzene rings is 1. The first-order valence-corrected chi connectivity index (χ1v) is 7.26. The third-order valence-corrected chi connectivity index (χ3v) is 3.46. The Balaban J connectivity index is 1.81. The van der Waals surface area contributed by atoms with Crippen molar-refractivity contribution in [2.75, 3.05) is 31.1 Å². The Labute approximate surface area is 125 Å². The Bertz CT molecular complexity index is 606. The van der Waals surface area contributed by atoms with E-state index in [-0.39, 0.29) is 0 Å². The van der Waals surface area contributed by atoms with Crippen LogP contribution in [0.15, 0.2) is 30.3 Å². The Hall–Kier alpha value is -2.14. The number of ether oxygens (including phenoxy) is 1. The molecule has 0 saturated carbocycles. The molecule has 1 saturated heterocycles. The molecular formula is C16H20N4O. The molecule has 2 aromatic rings. The van der Waals surface area contributed by atoms with Crippen LogP contribution in [0.4, 0.5) is 5.95 Å². The van der Waals surface area contributed by atoms with Crippen LogP contribution in [0.2, 0.25) is 0 Å². The minimum Gasteiger partial charge on any atom is -0.439 e. The van der Waals surface area contributed by atoms with Gasteiger partial charge in [-0.15, -0.1) is 0 Å². The highest BCUT2D eigenvalue weighted by atomic mass is 16.5. The third kappa shape index (κ3) is 3.49. The zero-order valence-corrected chi connectivity index (χ0v) is 12.5. The maximum Gasteiger partial charge on any atom is 0.228 e. The highest BCUT2D eigenvalue weighted by Crippen LogP contribution is 2.22. The maximum atomic E-state index is 5.85. The summed E-state index contributed by atoms with van der Waals surface area (Å²) in [7, 11) is 0. The van der Waals surface area contributed by atoms with Crippen molar-refractivity contribution in [2.24, 2.45) is 0 Å². The Kier molecular flexibility index (Phi) is 4.01. The molecule has 1 aromatic carbocycles. The highest BCUT2D eigenvalue weighted by molar-refractivity contribution is 5.37. The van der Waals surface area contributed by atoms with Crippen molar-refractivity contribution in [1.29, 1.82) is 0 Å². The van der Waals surface area contributed by atoms with Crippen molar-refractivity contribution in [1.82, 2.24) is 15.3 Å². The smallest absolute Gasteiger partial charge is 0.228 e. The summed E-state index contributed by atoms with van der Waals surface area (Å²) >= 11 is 0. The third-order valence-electron chi connectivity index (χ3n) is 3.46. The SMILES string of the molecule is Cc1ccc(Oc2cc(C)nc(N3CCNCC3)n2)cc1. The van der Waals surface area contributed by atoms with Crippen molar-refractivity contribution in [3.05, 3.63) is 41.6 Å². The largest absolute Gasteiger partial charge is 0.439 e. The quantitative estimate of drug-likeness (QED) is 0.937. The molecule has 0 amide bonds. The first-order chi connectivity index (χ1) is 10.2. The lowest BCUT2D eigenvalue weighted by molar-refractivity contribution is 0.459. The summed E-state index contributed by atoms with van der Waals surface area (Å²) in [6.07, 6.45) is 0. The van der Waals surface area contributed by atoms with Crippen molar-refractivity contribution < 1.29 is 4.74 Å². The molecule has 1 aliphatic rings. The molecule has 1 fully saturated rings. The minimum absolute atomic E-state index is 0.597. The highest BCUT2D eigenvalue weighted by Gasteiger charge is 2.14. The van der Waals surface area contributed by atoms with Gasteiger partial charge in [-0.1, -0.05) is 17.7 Å². The van der Waals surface area contributed by atoms with Crippen LogP contribution in [-0.2, 0) is 0 Å². The summed E-state index contributed by atoms with van der Waals surface area (Å²) in [5, 5.41) is 3.33. The summed E-state index contributed by atoms with van der Waals surface area (Å²) in [4.78, 5) is 11.2. The van der Waals surface area contributed by atoms with Crippen molar-refractivity contribution >= 4 is 5.95 Å². The monoisotopic (exact) mass is 284 g/mol. The average Bonchev–Trinajstić information content (AvgIpc) is 2.50. The molecule has 5 heteroatoms. The lowest BCUT2D eigenvalue weighted by Crippen LogP contribution is -2.44. The van der Waals surface area contributed by atoms with E-state index in [1.807, 2.05) is 37.3 Å². The van der Waals surface area contributed by atoms with Crippen molar-refractivity contribution in [3.63, 3.8) is 0 Å². The summed E-state index contributed by atoms with van der Waals surface area (Å²) in [6.45, 7) is 7.80. The molecule has 3 rings (SSSR count). The van der Waals surface area contributed by atoms with Gasteiger partial charge in [0, 0.05) is 37.9 Å². The first-order valence-electron chi connectivity index (χ1n) is 7.26. The van der Waals surface area contributed by atoms with E-state index in [1.54, 1.807) is 0 Å². The van der Waals surface area contributed by atoms with Crippen LogP contribution in [0.1, 0.15) is 11.3 Å². The molecule has 0 bridgehead atoms. The fourth-order valence-electron chi connectivity index (χ4n) is 2.31. The van der Waals surface area contributed by atoms with E-state index in [0.29, 0.717) is 5.88 Å². The van der Waals surface area contributed by atoms with Gasteiger partial charge in [0.05, 0.1) is 0 Å². The predicted molar refractivity (Wildman–Crippen MR) is 83.1 cm³/mol. The van der Waals surface area contributed by atoms with Crippen molar-refractivity contribution in [3.8, 4) is 11.6 Å². The number of hydrogen-bond donors (Lipinski definition) is 1. The van der Waals surface area contributed by atoms with Gasteiger partial charge in [-0.3, -0.25) is 0 Å². The lowest BCUT2D eigenvalue weighted by Gasteiger charge is -2.27. The van der Waals surface area contributed by atoms with Gasteiger partial charge in [-0.05, 0) is 26.0 Å². The van der Waals surface area contributed by atoms with Crippen LogP contribution in [0.3, 0.4) is 0 Å². The number of aryl methyl sites for hydroxylation is 2. The fraction of sp³-hybridized carbons (Fsp3) is 0.375. The van der Waals surface area contributed by atoms with E-state index in [9.17, 15) is 0 Å². The molecular weight excluding hydrogens is 264 g/mol. The second kappa shape index (κ2) is 6.10. The number of hydrogen-bond acceptors (Lipinski definition) is 5. The molecule has 1 aliphatic heterocycles. The Morgan fingerprint density at radius 2 is 1.76 bits per heavy atom. The molecule has 2 heterocycles. The first kappa shape index (κ1) is 13.8. The van der Waals surface area contributed by atoms with Crippen LogP contribution < -0.4 is 15.0 Å². The van der Waals surface area contributed by atoms with Crippen LogP contribution in [0.25, 0.3) is 0 Å². The van der Waals surface area contributed by atoms with Gasteiger partial charge in [0.1, 0.15) is 5.75 Å². The summed E-state index contributed by atoms with van der Waals surface area (Å²) < 4.78 is 5.85. The Morgan fingerprint density at radius 1 is 1.05 bits per heavy atom. The summed E-state index contributed by atoms with van der Waals surface area (Å²) in [5.41, 5.74) is 2.13. The number of anilines is 1. The number of nitrogens with zero attached hydrogens (tertiary/aromatic N) is 3. The van der Waals surface area contributed by atoms with E-state index in [1.165, 1.54) is 5.56 Å². The standard InChI is InChI=1S/C16H20N4O/c1-12-3-5-14(6-4-12)21-15-11-13(2)18-16(19-15)20-9-7-17-8-10-20/h3-6,11,17H,7-10H2,1-2H3.